The number of nitrogens with zero attached hydrogens (tertiary/aromatic N) is 4. The highest BCUT2D eigenvalue weighted by Crippen LogP contribution is 2.49. The van der Waals surface area contributed by atoms with Gasteiger partial charge in [0.1, 0.15) is 0 Å². The van der Waals surface area contributed by atoms with Crippen molar-refractivity contribution in [1.29, 1.82) is 0 Å². The van der Waals surface area contributed by atoms with E-state index in [4.69, 9.17) is 0 Å². The lowest BCUT2D eigenvalue weighted by molar-refractivity contribution is 0.590. The molecule has 0 spiro atoms. The van der Waals surface area contributed by atoms with Crippen molar-refractivity contribution in [2.45, 2.75) is 33.1 Å². The average Bonchev–Trinajstić information content (AvgIpc) is 3.40. The number of hydrogen-bond donors (Lipinski definition) is 0. The zero-order chi connectivity index (χ0) is 47.3. The van der Waals surface area contributed by atoms with E-state index in [0.29, 0.717) is 0 Å². The number of fused-ring (bicyclic) bond motifs is 4. The summed E-state index contributed by atoms with van der Waals surface area (Å²) in [4.78, 5) is 9.85. The Morgan fingerprint density at radius 3 is 1.24 bits per heavy atom. The fourth-order valence-electron chi connectivity index (χ4n) is 10.8. The van der Waals surface area contributed by atoms with E-state index < -0.39 is 0 Å². The summed E-state index contributed by atoms with van der Waals surface area (Å²) in [6, 6.07) is 91.2. The molecule has 0 fully saturated rings. The van der Waals surface area contributed by atoms with Gasteiger partial charge in [0.05, 0.1) is 5.69 Å². The van der Waals surface area contributed by atoms with Crippen molar-refractivity contribution in [3.8, 4) is 11.1 Å². The Kier molecular flexibility index (Phi) is 10.7. The van der Waals surface area contributed by atoms with Crippen molar-refractivity contribution in [2.24, 2.45) is 0 Å². The number of anilines is 12. The zero-order valence-corrected chi connectivity index (χ0v) is 40.0. The standard InChI is InChI=1S/C65H53BN4/c1-46-42-62-64-63(43-46)70(59-33-21-20-32-56(59)47-22-10-5-11-23-47)61-45-55(68(51-28-16-8-17-29-51)52-30-18-9-19-31-52)39-41-58(61)66(64)57-40-38-54(67(49-24-12-6-13-25-49)50-26-14-7-15-27-50)44-60(57)69(62)53-36-34-48(35-37-53)65(2,3)4/h5-45H,1-4H3. The van der Waals surface area contributed by atoms with E-state index in [0.717, 1.165) is 56.9 Å². The molecular formula is C65H53BN4. The van der Waals surface area contributed by atoms with Gasteiger partial charge in [-0.2, -0.15) is 0 Å². The first-order chi connectivity index (χ1) is 34.3. The van der Waals surface area contributed by atoms with Gasteiger partial charge in [-0.1, -0.05) is 166 Å². The van der Waals surface area contributed by atoms with Crippen molar-refractivity contribution in [3.05, 3.63) is 260 Å². The van der Waals surface area contributed by atoms with Crippen LogP contribution < -0.4 is 36.0 Å². The molecule has 0 aliphatic carbocycles. The molecule has 0 amide bonds. The molecule has 0 bridgehead atoms. The second-order valence-corrected chi connectivity index (χ2v) is 19.5. The van der Waals surface area contributed by atoms with E-state index in [9.17, 15) is 0 Å². The predicted molar refractivity (Wildman–Crippen MR) is 299 cm³/mol. The van der Waals surface area contributed by atoms with Gasteiger partial charge in [-0.05, 0) is 149 Å². The van der Waals surface area contributed by atoms with Gasteiger partial charge >= 0.3 is 0 Å². The molecule has 0 radical (unpaired) electrons. The van der Waals surface area contributed by atoms with Crippen molar-refractivity contribution in [1.82, 2.24) is 0 Å². The van der Waals surface area contributed by atoms with Crippen molar-refractivity contribution in [3.63, 3.8) is 0 Å². The van der Waals surface area contributed by atoms with Crippen LogP contribution in [-0.4, -0.2) is 6.71 Å². The number of hydrogen-bond acceptors (Lipinski definition) is 4. The molecule has 2 aliphatic heterocycles. The van der Waals surface area contributed by atoms with Gasteiger partial charge in [-0.25, -0.2) is 0 Å². The zero-order valence-electron chi connectivity index (χ0n) is 40.0. The van der Waals surface area contributed by atoms with Crippen LogP contribution in [0.2, 0.25) is 0 Å². The Morgan fingerprint density at radius 2 is 0.771 bits per heavy atom. The van der Waals surface area contributed by atoms with Crippen molar-refractivity contribution in [2.75, 3.05) is 19.6 Å². The lowest BCUT2D eigenvalue weighted by atomic mass is 9.33. The van der Waals surface area contributed by atoms with Gasteiger partial charge < -0.3 is 19.6 Å². The fourth-order valence-corrected chi connectivity index (χ4v) is 10.8. The third-order valence-corrected chi connectivity index (χ3v) is 14.0. The van der Waals surface area contributed by atoms with Crippen molar-refractivity contribution >= 4 is 91.3 Å². The molecule has 0 saturated heterocycles. The minimum atomic E-state index is -0.0762. The highest BCUT2D eigenvalue weighted by atomic mass is 15.2. The summed E-state index contributed by atoms with van der Waals surface area (Å²) in [5, 5.41) is 0. The molecule has 0 unspecified atom stereocenters. The molecule has 0 aromatic heterocycles. The lowest BCUT2D eigenvalue weighted by Crippen LogP contribution is -2.61. The molecule has 0 atom stereocenters. The molecule has 2 aliphatic rings. The van der Waals surface area contributed by atoms with Gasteiger partial charge in [0.15, 0.2) is 0 Å². The molecule has 12 rings (SSSR count). The monoisotopic (exact) mass is 900 g/mol. The van der Waals surface area contributed by atoms with E-state index >= 15 is 0 Å². The summed E-state index contributed by atoms with van der Waals surface area (Å²) in [5.74, 6) is 0. The molecule has 5 heteroatoms. The largest absolute Gasteiger partial charge is 0.311 e. The first-order valence-electron chi connectivity index (χ1n) is 24.4. The van der Waals surface area contributed by atoms with Crippen LogP contribution in [-0.2, 0) is 5.41 Å². The Balaban J connectivity index is 1.15. The van der Waals surface area contributed by atoms with Crippen LogP contribution in [0.1, 0.15) is 31.9 Å². The number of benzene rings is 10. The van der Waals surface area contributed by atoms with Crippen molar-refractivity contribution < 1.29 is 0 Å². The van der Waals surface area contributed by atoms with Gasteiger partial charge in [0.25, 0.3) is 6.71 Å². The smallest absolute Gasteiger partial charge is 0.252 e. The second-order valence-electron chi connectivity index (χ2n) is 19.5. The maximum absolute atomic E-state index is 2.56. The molecule has 0 N–H and O–H groups in total. The highest BCUT2D eigenvalue weighted by molar-refractivity contribution is 7.00. The average molecular weight is 901 g/mol. The SMILES string of the molecule is Cc1cc2c3c(c1)N(c1ccccc1-c1ccccc1)c1cc(N(c4ccccc4)c4ccccc4)ccc1B3c1ccc(N(c3ccccc3)c3ccccc3)cc1N2c1ccc(C(C)(C)C)cc1. The molecule has 10 aromatic carbocycles. The summed E-state index contributed by atoms with van der Waals surface area (Å²) in [6.45, 7) is 9.05. The normalized spacial score (nSPS) is 12.5. The second kappa shape index (κ2) is 17.5. The van der Waals surface area contributed by atoms with Crippen LogP contribution in [0.5, 0.6) is 0 Å². The first-order valence-corrected chi connectivity index (χ1v) is 24.4. The first kappa shape index (κ1) is 42.8. The van der Waals surface area contributed by atoms with Gasteiger partial charge in [0, 0.05) is 68.1 Å². The van der Waals surface area contributed by atoms with Gasteiger partial charge in [0.2, 0.25) is 0 Å². The van der Waals surface area contributed by atoms with E-state index in [1.54, 1.807) is 0 Å². The maximum atomic E-state index is 2.56. The molecule has 0 saturated carbocycles. The summed E-state index contributed by atoms with van der Waals surface area (Å²) in [7, 11) is 0. The third-order valence-electron chi connectivity index (χ3n) is 14.0. The van der Waals surface area contributed by atoms with E-state index in [2.05, 4.69) is 296 Å². The van der Waals surface area contributed by atoms with Crippen LogP contribution in [0.15, 0.2) is 249 Å². The van der Waals surface area contributed by atoms with Crippen LogP contribution >= 0.6 is 0 Å². The molecule has 4 nitrogen and oxygen atoms in total. The quantitative estimate of drug-likeness (QED) is 0.134. The van der Waals surface area contributed by atoms with E-state index in [1.807, 2.05) is 0 Å². The van der Waals surface area contributed by atoms with E-state index in [-0.39, 0.29) is 12.1 Å². The van der Waals surface area contributed by atoms with Gasteiger partial charge in [-0.3, -0.25) is 0 Å². The Labute approximate surface area is 413 Å². The molecule has 336 valence electrons. The maximum Gasteiger partial charge on any atom is 0.252 e. The minimum absolute atomic E-state index is 0.0107. The number of aryl methyl sites for hydroxylation is 1. The summed E-state index contributed by atoms with van der Waals surface area (Å²) in [5.41, 5.74) is 22.2. The molecule has 2 heterocycles. The van der Waals surface area contributed by atoms with E-state index in [1.165, 1.54) is 50.0 Å². The topological polar surface area (TPSA) is 13.0 Å². The highest BCUT2D eigenvalue weighted by Gasteiger charge is 2.44. The Bertz CT molecular complexity index is 3400. The number of para-hydroxylation sites is 5. The Hall–Kier alpha value is -8.54. The molecule has 70 heavy (non-hydrogen) atoms. The summed E-state index contributed by atoms with van der Waals surface area (Å²) >= 11 is 0. The summed E-state index contributed by atoms with van der Waals surface area (Å²) < 4.78 is 0. The number of rotatable bonds is 9. The summed E-state index contributed by atoms with van der Waals surface area (Å²) in [6.07, 6.45) is 0. The predicted octanol–water partition coefficient (Wildman–Crippen LogP) is 16.0. The molecule has 10 aromatic rings. The molecular weight excluding hydrogens is 848 g/mol. The van der Waals surface area contributed by atoms with Crippen LogP contribution in [0.4, 0.5) is 68.2 Å². The van der Waals surface area contributed by atoms with Crippen LogP contribution in [0.25, 0.3) is 11.1 Å². The van der Waals surface area contributed by atoms with Gasteiger partial charge in [-0.15, -0.1) is 0 Å². The lowest BCUT2D eigenvalue weighted by Gasteiger charge is -2.45. The minimum Gasteiger partial charge on any atom is -0.311 e. The van der Waals surface area contributed by atoms with Crippen LogP contribution in [0.3, 0.4) is 0 Å². The third kappa shape index (κ3) is 7.51. The van der Waals surface area contributed by atoms with Crippen LogP contribution in [0, 0.1) is 6.92 Å². The Morgan fingerprint density at radius 1 is 0.357 bits per heavy atom. The fraction of sp³-hybridized carbons (Fsp3) is 0.0769.